The summed E-state index contributed by atoms with van der Waals surface area (Å²) >= 11 is 0. The Labute approximate surface area is 121 Å². The monoisotopic (exact) mass is 292 g/mol. The van der Waals surface area contributed by atoms with Crippen LogP contribution in [0.4, 0.5) is 10.5 Å². The van der Waals surface area contributed by atoms with Crippen LogP contribution in [0, 0.1) is 0 Å². The van der Waals surface area contributed by atoms with Crippen molar-refractivity contribution < 1.29 is 24.6 Å². The third-order valence-corrected chi connectivity index (χ3v) is 2.58. The van der Waals surface area contributed by atoms with Gasteiger partial charge >= 0.3 is 18.0 Å². The Bertz CT molecular complexity index is 550. The molecule has 0 saturated heterocycles. The molecule has 1 aromatic rings. The number of nitrogens with one attached hydrogen (secondary N) is 2. The van der Waals surface area contributed by atoms with E-state index in [2.05, 4.69) is 17.2 Å². The standard InChI is InChI=1S/C14H16N2O5/c1-3-4-8(2)15-14(21)16-11-6-9(12(17)18)5-10(7-11)13(19)20/h3,5-8H,1,4H2,2H3,(H,17,18)(H,19,20)(H2,15,16,21). The summed E-state index contributed by atoms with van der Waals surface area (Å²) in [6, 6.07) is 2.69. The summed E-state index contributed by atoms with van der Waals surface area (Å²) in [4.78, 5) is 33.6. The Hall–Kier alpha value is -2.83. The number of urea groups is 1. The van der Waals surface area contributed by atoms with E-state index in [0.717, 1.165) is 6.07 Å². The largest absolute Gasteiger partial charge is 0.478 e. The summed E-state index contributed by atoms with van der Waals surface area (Å²) in [5.41, 5.74) is -0.343. The highest BCUT2D eigenvalue weighted by Crippen LogP contribution is 2.15. The zero-order chi connectivity index (χ0) is 16.0. The van der Waals surface area contributed by atoms with E-state index >= 15 is 0 Å². The Morgan fingerprint density at radius 3 is 2.14 bits per heavy atom. The lowest BCUT2D eigenvalue weighted by Crippen LogP contribution is -2.35. The van der Waals surface area contributed by atoms with Crippen LogP contribution >= 0.6 is 0 Å². The van der Waals surface area contributed by atoms with Gasteiger partial charge in [0, 0.05) is 11.7 Å². The maximum atomic E-state index is 11.7. The molecule has 2 amide bonds. The van der Waals surface area contributed by atoms with E-state index < -0.39 is 18.0 Å². The summed E-state index contributed by atoms with van der Waals surface area (Å²) in [5.74, 6) is -2.55. The highest BCUT2D eigenvalue weighted by Gasteiger charge is 2.13. The normalized spacial score (nSPS) is 11.3. The first-order valence-corrected chi connectivity index (χ1v) is 6.13. The SMILES string of the molecule is C=CCC(C)NC(=O)Nc1cc(C(=O)O)cc(C(=O)O)c1. The number of benzene rings is 1. The van der Waals surface area contributed by atoms with E-state index in [9.17, 15) is 14.4 Å². The third-order valence-electron chi connectivity index (χ3n) is 2.58. The lowest BCUT2D eigenvalue weighted by Gasteiger charge is -2.13. The molecule has 0 aromatic heterocycles. The van der Waals surface area contributed by atoms with Crippen molar-refractivity contribution in [2.24, 2.45) is 0 Å². The third kappa shape index (κ3) is 4.98. The van der Waals surface area contributed by atoms with Crippen molar-refractivity contribution in [3.63, 3.8) is 0 Å². The molecule has 0 aliphatic rings. The van der Waals surface area contributed by atoms with Gasteiger partial charge in [-0.3, -0.25) is 0 Å². The van der Waals surface area contributed by atoms with Gasteiger partial charge in [0.05, 0.1) is 11.1 Å². The van der Waals surface area contributed by atoms with E-state index in [0.29, 0.717) is 6.42 Å². The van der Waals surface area contributed by atoms with E-state index in [4.69, 9.17) is 10.2 Å². The fourth-order valence-corrected chi connectivity index (χ4v) is 1.65. The van der Waals surface area contributed by atoms with Crippen LogP contribution < -0.4 is 10.6 Å². The number of amides is 2. The molecule has 4 N–H and O–H groups in total. The van der Waals surface area contributed by atoms with Crippen molar-refractivity contribution in [1.82, 2.24) is 5.32 Å². The second-order valence-electron chi connectivity index (χ2n) is 4.43. The second kappa shape index (κ2) is 7.09. The molecule has 21 heavy (non-hydrogen) atoms. The molecule has 0 radical (unpaired) electrons. The predicted octanol–water partition coefficient (Wildman–Crippen LogP) is 2.17. The summed E-state index contributed by atoms with van der Waals surface area (Å²) in [5, 5.41) is 22.9. The van der Waals surface area contributed by atoms with Gasteiger partial charge in [-0.15, -0.1) is 6.58 Å². The molecule has 1 aromatic carbocycles. The summed E-state index contributed by atoms with van der Waals surface area (Å²) in [6.45, 7) is 5.33. The maximum absolute atomic E-state index is 11.7. The van der Waals surface area contributed by atoms with Crippen molar-refractivity contribution in [1.29, 1.82) is 0 Å². The van der Waals surface area contributed by atoms with Crippen molar-refractivity contribution in [3.05, 3.63) is 42.0 Å². The molecule has 1 atom stereocenters. The van der Waals surface area contributed by atoms with Crippen molar-refractivity contribution >= 4 is 23.7 Å². The van der Waals surface area contributed by atoms with Crippen LogP contribution in [0.1, 0.15) is 34.1 Å². The topological polar surface area (TPSA) is 116 Å². The molecule has 1 unspecified atom stereocenters. The number of carbonyl (C=O) groups excluding carboxylic acids is 1. The van der Waals surface area contributed by atoms with Gasteiger partial charge in [0.25, 0.3) is 0 Å². The van der Waals surface area contributed by atoms with Crippen molar-refractivity contribution in [2.75, 3.05) is 5.32 Å². The molecular weight excluding hydrogens is 276 g/mol. The van der Waals surface area contributed by atoms with Gasteiger partial charge < -0.3 is 20.8 Å². The summed E-state index contributed by atoms with van der Waals surface area (Å²) < 4.78 is 0. The zero-order valence-corrected chi connectivity index (χ0v) is 11.4. The first-order chi connectivity index (χ1) is 9.83. The van der Waals surface area contributed by atoms with E-state index in [1.54, 1.807) is 13.0 Å². The maximum Gasteiger partial charge on any atom is 0.335 e. The molecule has 1 rings (SSSR count). The van der Waals surface area contributed by atoms with Crippen LogP contribution in [0.15, 0.2) is 30.9 Å². The van der Waals surface area contributed by atoms with Crippen LogP contribution in [0.5, 0.6) is 0 Å². The van der Waals surface area contributed by atoms with Crippen LogP contribution in [0.3, 0.4) is 0 Å². The second-order valence-corrected chi connectivity index (χ2v) is 4.43. The van der Waals surface area contributed by atoms with Gasteiger partial charge in [0.1, 0.15) is 0 Å². The van der Waals surface area contributed by atoms with E-state index in [1.807, 2.05) is 0 Å². The number of anilines is 1. The van der Waals surface area contributed by atoms with E-state index in [-0.39, 0.29) is 22.9 Å². The number of rotatable bonds is 6. The average Bonchev–Trinajstić information content (AvgIpc) is 2.37. The number of carboxylic acid groups (broad SMARTS) is 2. The minimum Gasteiger partial charge on any atom is -0.478 e. The van der Waals surface area contributed by atoms with Crippen LogP contribution in [-0.2, 0) is 0 Å². The Morgan fingerprint density at radius 2 is 1.71 bits per heavy atom. The number of carbonyl (C=O) groups is 3. The molecule has 7 heteroatoms. The molecule has 0 aliphatic heterocycles. The van der Waals surface area contributed by atoms with Gasteiger partial charge in [0.2, 0.25) is 0 Å². The number of aromatic carboxylic acids is 2. The van der Waals surface area contributed by atoms with Crippen molar-refractivity contribution in [2.45, 2.75) is 19.4 Å². The highest BCUT2D eigenvalue weighted by molar-refractivity contribution is 5.98. The first kappa shape index (κ1) is 16.2. The van der Waals surface area contributed by atoms with Crippen LogP contribution in [0.2, 0.25) is 0 Å². The van der Waals surface area contributed by atoms with Crippen LogP contribution in [0.25, 0.3) is 0 Å². The lowest BCUT2D eigenvalue weighted by atomic mass is 10.1. The molecule has 0 aliphatic carbocycles. The fraction of sp³-hybridized carbons (Fsp3) is 0.214. The molecule has 0 saturated carbocycles. The molecule has 0 fully saturated rings. The Morgan fingerprint density at radius 1 is 1.19 bits per heavy atom. The summed E-state index contributed by atoms with van der Waals surface area (Å²) in [6.07, 6.45) is 2.22. The number of carboxylic acids is 2. The van der Waals surface area contributed by atoms with Gasteiger partial charge in [-0.05, 0) is 31.5 Å². The van der Waals surface area contributed by atoms with Gasteiger partial charge in [0.15, 0.2) is 0 Å². The van der Waals surface area contributed by atoms with Gasteiger partial charge in [-0.1, -0.05) is 6.08 Å². The number of hydrogen-bond donors (Lipinski definition) is 4. The minimum atomic E-state index is -1.28. The predicted molar refractivity (Wildman–Crippen MR) is 76.8 cm³/mol. The average molecular weight is 292 g/mol. The molecule has 0 heterocycles. The van der Waals surface area contributed by atoms with E-state index in [1.165, 1.54) is 12.1 Å². The first-order valence-electron chi connectivity index (χ1n) is 6.13. The zero-order valence-electron chi connectivity index (χ0n) is 11.4. The van der Waals surface area contributed by atoms with Crippen LogP contribution in [-0.4, -0.2) is 34.2 Å². The summed E-state index contributed by atoms with van der Waals surface area (Å²) in [7, 11) is 0. The van der Waals surface area contributed by atoms with Gasteiger partial charge in [-0.2, -0.15) is 0 Å². The van der Waals surface area contributed by atoms with Crippen molar-refractivity contribution in [3.8, 4) is 0 Å². The minimum absolute atomic E-state index is 0.0932. The molecule has 0 spiro atoms. The molecule has 7 nitrogen and oxygen atoms in total. The fourth-order valence-electron chi connectivity index (χ4n) is 1.65. The number of hydrogen-bond acceptors (Lipinski definition) is 3. The quantitative estimate of drug-likeness (QED) is 0.600. The highest BCUT2D eigenvalue weighted by atomic mass is 16.4. The Kier molecular flexibility index (Phi) is 5.48. The molecule has 112 valence electrons. The van der Waals surface area contributed by atoms with Gasteiger partial charge in [-0.25, -0.2) is 14.4 Å². The molecular formula is C14H16N2O5. The Balaban J connectivity index is 2.91. The lowest BCUT2D eigenvalue weighted by molar-refractivity contribution is 0.0696. The molecule has 0 bridgehead atoms. The smallest absolute Gasteiger partial charge is 0.335 e.